The van der Waals surface area contributed by atoms with Crippen LogP contribution in [0, 0.1) is 13.8 Å². The van der Waals surface area contributed by atoms with E-state index in [1.165, 1.54) is 0 Å². The first kappa shape index (κ1) is 15.0. The number of rotatable bonds is 3. The maximum atomic E-state index is 11.7. The van der Waals surface area contributed by atoms with Crippen molar-refractivity contribution < 1.29 is 18.3 Å². The Morgan fingerprint density at radius 1 is 1.45 bits per heavy atom. The first-order valence-corrected chi connectivity index (χ1v) is 8.39. The Balaban J connectivity index is 2.51. The van der Waals surface area contributed by atoms with Crippen LogP contribution in [0.3, 0.4) is 0 Å². The van der Waals surface area contributed by atoms with Crippen LogP contribution in [0.25, 0.3) is 0 Å². The van der Waals surface area contributed by atoms with E-state index in [0.29, 0.717) is 17.7 Å². The van der Waals surface area contributed by atoms with E-state index in [1.54, 1.807) is 18.5 Å². The number of carbonyl (C=O) groups is 1. The smallest absolute Gasteiger partial charge is 0.310 e. The zero-order chi connectivity index (χ0) is 15.3. The van der Waals surface area contributed by atoms with Crippen molar-refractivity contribution in [3.05, 3.63) is 17.0 Å². The first-order valence-electron chi connectivity index (χ1n) is 6.57. The largest absolute Gasteiger partial charge is 0.481 e. The van der Waals surface area contributed by atoms with Crippen molar-refractivity contribution in [2.24, 2.45) is 0 Å². The second-order valence-electron chi connectivity index (χ2n) is 5.90. The molecule has 0 radical (unpaired) electrons. The number of aromatic nitrogens is 2. The van der Waals surface area contributed by atoms with E-state index >= 15 is 0 Å². The second kappa shape index (κ2) is 4.58. The van der Waals surface area contributed by atoms with Crippen molar-refractivity contribution in [3.8, 4) is 0 Å². The van der Waals surface area contributed by atoms with Crippen LogP contribution >= 0.6 is 0 Å². The van der Waals surface area contributed by atoms with Crippen molar-refractivity contribution in [3.63, 3.8) is 0 Å². The van der Waals surface area contributed by atoms with Crippen LogP contribution < -0.4 is 0 Å². The summed E-state index contributed by atoms with van der Waals surface area (Å²) in [5.74, 6) is -1.33. The SMILES string of the molecule is Cc1nn(C2(C)CCS(=O)(=O)C2)c(C)c1C(C)C(=O)O. The number of hydrogen-bond donors (Lipinski definition) is 1. The summed E-state index contributed by atoms with van der Waals surface area (Å²) in [6.45, 7) is 7.07. The average molecular weight is 300 g/mol. The van der Waals surface area contributed by atoms with Gasteiger partial charge in [-0.05, 0) is 34.1 Å². The minimum Gasteiger partial charge on any atom is -0.481 e. The summed E-state index contributed by atoms with van der Waals surface area (Å²) >= 11 is 0. The molecular weight excluding hydrogens is 280 g/mol. The summed E-state index contributed by atoms with van der Waals surface area (Å²) < 4.78 is 25.2. The number of sulfone groups is 1. The third-order valence-corrected chi connectivity index (χ3v) is 6.03. The van der Waals surface area contributed by atoms with Crippen LogP contribution in [-0.4, -0.2) is 40.8 Å². The van der Waals surface area contributed by atoms with Gasteiger partial charge < -0.3 is 5.11 Å². The lowest BCUT2D eigenvalue weighted by atomic mass is 9.97. The number of nitrogens with zero attached hydrogens (tertiary/aromatic N) is 2. The fourth-order valence-electron chi connectivity index (χ4n) is 3.09. The predicted molar refractivity (Wildman–Crippen MR) is 74.7 cm³/mol. The lowest BCUT2D eigenvalue weighted by Gasteiger charge is -2.25. The number of hydrogen-bond acceptors (Lipinski definition) is 4. The number of carboxylic acids is 1. The predicted octanol–water partition coefficient (Wildman–Crippen LogP) is 1.22. The lowest BCUT2D eigenvalue weighted by Crippen LogP contribution is -2.33. The van der Waals surface area contributed by atoms with E-state index in [9.17, 15) is 18.3 Å². The van der Waals surface area contributed by atoms with Gasteiger partial charge in [0.2, 0.25) is 0 Å². The molecule has 2 unspecified atom stereocenters. The molecule has 2 heterocycles. The molecule has 6 nitrogen and oxygen atoms in total. The van der Waals surface area contributed by atoms with Crippen molar-refractivity contribution in [2.75, 3.05) is 11.5 Å². The van der Waals surface area contributed by atoms with E-state index in [-0.39, 0.29) is 11.5 Å². The minimum atomic E-state index is -3.04. The maximum absolute atomic E-state index is 11.7. The highest BCUT2D eigenvalue weighted by Crippen LogP contribution is 2.34. The van der Waals surface area contributed by atoms with Crippen LogP contribution in [0.5, 0.6) is 0 Å². The van der Waals surface area contributed by atoms with Gasteiger partial charge in [-0.1, -0.05) is 0 Å². The second-order valence-corrected chi connectivity index (χ2v) is 8.08. The quantitative estimate of drug-likeness (QED) is 0.906. The number of carboxylic acid groups (broad SMARTS) is 1. The van der Waals surface area contributed by atoms with E-state index < -0.39 is 27.3 Å². The summed E-state index contributed by atoms with van der Waals surface area (Å²) in [5.41, 5.74) is 1.51. The summed E-state index contributed by atoms with van der Waals surface area (Å²) in [5, 5.41) is 13.6. The zero-order valence-corrected chi connectivity index (χ0v) is 13.0. The minimum absolute atomic E-state index is 0.0584. The molecule has 2 atom stereocenters. The molecule has 1 aliphatic rings. The van der Waals surface area contributed by atoms with Crippen LogP contribution in [0.4, 0.5) is 0 Å². The van der Waals surface area contributed by atoms with E-state index in [0.717, 1.165) is 5.69 Å². The van der Waals surface area contributed by atoms with Crippen molar-refractivity contribution in [1.29, 1.82) is 0 Å². The summed E-state index contributed by atoms with van der Waals surface area (Å²) in [6, 6.07) is 0. The van der Waals surface area contributed by atoms with Gasteiger partial charge in [-0.2, -0.15) is 5.10 Å². The van der Waals surface area contributed by atoms with Gasteiger partial charge >= 0.3 is 5.97 Å². The molecule has 112 valence electrons. The van der Waals surface area contributed by atoms with Gasteiger partial charge in [-0.3, -0.25) is 9.48 Å². The van der Waals surface area contributed by atoms with E-state index in [1.807, 2.05) is 13.8 Å². The summed E-state index contributed by atoms with van der Waals surface area (Å²) in [6.07, 6.45) is 0.512. The van der Waals surface area contributed by atoms with Crippen LogP contribution in [-0.2, 0) is 20.2 Å². The molecule has 0 bridgehead atoms. The first-order chi connectivity index (χ1) is 9.07. The Morgan fingerprint density at radius 2 is 2.05 bits per heavy atom. The molecule has 1 aliphatic heterocycles. The fourth-order valence-corrected chi connectivity index (χ4v) is 5.20. The Bertz CT molecular complexity index is 662. The van der Waals surface area contributed by atoms with E-state index in [4.69, 9.17) is 0 Å². The normalized spacial score (nSPS) is 26.6. The van der Waals surface area contributed by atoms with Gasteiger partial charge in [-0.25, -0.2) is 8.42 Å². The third kappa shape index (κ3) is 2.34. The summed E-state index contributed by atoms with van der Waals surface area (Å²) in [7, 11) is -3.04. The average Bonchev–Trinajstić information content (AvgIpc) is 2.76. The highest BCUT2D eigenvalue weighted by Gasteiger charge is 2.42. The van der Waals surface area contributed by atoms with Gasteiger partial charge in [0, 0.05) is 11.3 Å². The Labute approximate surface area is 118 Å². The summed E-state index contributed by atoms with van der Waals surface area (Å²) in [4.78, 5) is 11.2. The van der Waals surface area contributed by atoms with Gasteiger partial charge in [0.25, 0.3) is 0 Å². The molecule has 20 heavy (non-hydrogen) atoms. The molecule has 0 amide bonds. The highest BCUT2D eigenvalue weighted by molar-refractivity contribution is 7.91. The fraction of sp³-hybridized carbons (Fsp3) is 0.692. The molecular formula is C13H20N2O4S. The third-order valence-electron chi connectivity index (χ3n) is 4.14. The molecule has 1 aromatic heterocycles. The maximum Gasteiger partial charge on any atom is 0.310 e. The van der Waals surface area contributed by atoms with Crippen molar-refractivity contribution >= 4 is 15.8 Å². The Hall–Kier alpha value is -1.37. The van der Waals surface area contributed by atoms with Crippen molar-refractivity contribution in [1.82, 2.24) is 9.78 Å². The topological polar surface area (TPSA) is 89.3 Å². The van der Waals surface area contributed by atoms with Crippen LogP contribution in [0.15, 0.2) is 0 Å². The van der Waals surface area contributed by atoms with Gasteiger partial charge in [0.05, 0.1) is 28.7 Å². The zero-order valence-electron chi connectivity index (χ0n) is 12.2. The monoisotopic (exact) mass is 300 g/mol. The van der Waals surface area contributed by atoms with Gasteiger partial charge in [0.15, 0.2) is 9.84 Å². The molecule has 0 saturated carbocycles. The van der Waals surface area contributed by atoms with Crippen molar-refractivity contribution in [2.45, 2.75) is 45.6 Å². The molecule has 0 aliphatic carbocycles. The molecule has 0 spiro atoms. The van der Waals surface area contributed by atoms with Gasteiger partial charge in [0.1, 0.15) is 0 Å². The Morgan fingerprint density at radius 3 is 2.50 bits per heavy atom. The standard InChI is InChI=1S/C13H20N2O4S/c1-8(12(16)17)11-9(2)14-15(10(11)3)13(4)5-6-20(18,19)7-13/h8H,5-7H2,1-4H3,(H,16,17). The Kier molecular flexibility index (Phi) is 3.44. The number of aryl methyl sites for hydroxylation is 1. The molecule has 7 heteroatoms. The lowest BCUT2D eigenvalue weighted by molar-refractivity contribution is -0.138. The van der Waals surface area contributed by atoms with Gasteiger partial charge in [-0.15, -0.1) is 0 Å². The van der Waals surface area contributed by atoms with Crippen LogP contribution in [0.2, 0.25) is 0 Å². The molecule has 1 saturated heterocycles. The molecule has 1 N–H and O–H groups in total. The molecule has 2 rings (SSSR count). The molecule has 1 fully saturated rings. The highest BCUT2D eigenvalue weighted by atomic mass is 32.2. The van der Waals surface area contributed by atoms with Crippen LogP contribution in [0.1, 0.15) is 43.1 Å². The molecule has 0 aromatic carbocycles. The van der Waals surface area contributed by atoms with E-state index in [2.05, 4.69) is 5.10 Å². The molecule has 1 aromatic rings. The number of aliphatic carboxylic acids is 1.